The van der Waals surface area contributed by atoms with E-state index in [9.17, 15) is 0 Å². The fourth-order valence-corrected chi connectivity index (χ4v) is 12.2. The molecule has 0 aliphatic carbocycles. The zero-order valence-corrected chi connectivity index (χ0v) is 23.7. The molecule has 0 radical (unpaired) electrons. The Hall–Kier alpha value is -2.55. The van der Waals surface area contributed by atoms with Gasteiger partial charge in [0.2, 0.25) is 0 Å². The number of hydrogen-bond acceptors (Lipinski definition) is 2. The highest BCUT2D eigenvalue weighted by Gasteiger charge is 2.51. The van der Waals surface area contributed by atoms with Crippen molar-refractivity contribution < 1.29 is 4.43 Å². The average Bonchev–Trinajstić information content (AvgIpc) is 2.91. The Labute approximate surface area is 219 Å². The minimum Gasteiger partial charge on any atom is -0.403 e. The van der Waals surface area contributed by atoms with Crippen LogP contribution in [0.2, 0.25) is 5.04 Å². The van der Waals surface area contributed by atoms with Gasteiger partial charge in [-0.2, -0.15) is 0 Å². The van der Waals surface area contributed by atoms with Crippen molar-refractivity contribution in [1.29, 1.82) is 0 Å². The number of hydrogen-bond donors (Lipinski definition) is 1. The molecule has 0 bridgehead atoms. The molecule has 186 valence electrons. The summed E-state index contributed by atoms with van der Waals surface area (Å²) in [4.78, 5) is 0. The molecule has 36 heavy (non-hydrogen) atoms. The van der Waals surface area contributed by atoms with Gasteiger partial charge in [-0.1, -0.05) is 142 Å². The van der Waals surface area contributed by atoms with E-state index in [-0.39, 0.29) is 17.2 Å². The molecule has 0 amide bonds. The lowest BCUT2D eigenvalue weighted by Crippen LogP contribution is -2.68. The van der Waals surface area contributed by atoms with Gasteiger partial charge in [-0.15, -0.1) is 0 Å². The Morgan fingerprint density at radius 3 is 1.39 bits per heavy atom. The summed E-state index contributed by atoms with van der Waals surface area (Å²) < 4.78 is 7.33. The van der Waals surface area contributed by atoms with Gasteiger partial charge in [0.1, 0.15) is 0 Å². The Kier molecular flexibility index (Phi) is 8.59. The van der Waals surface area contributed by atoms with Gasteiger partial charge in [-0.05, 0) is 47.0 Å². The second-order valence-corrected chi connectivity index (χ2v) is 16.9. The Bertz CT molecular complexity index is 1120. The third-order valence-electron chi connectivity index (χ3n) is 6.91. The summed E-state index contributed by atoms with van der Waals surface area (Å²) in [6, 6.07) is 43.1. The molecule has 0 fully saturated rings. The molecule has 0 aliphatic rings. The van der Waals surface area contributed by atoms with E-state index < -0.39 is 16.2 Å². The van der Waals surface area contributed by atoms with Crippen LogP contribution in [0.5, 0.6) is 0 Å². The van der Waals surface area contributed by atoms with Gasteiger partial charge >= 0.3 is 0 Å². The molecule has 0 spiro atoms. The van der Waals surface area contributed by atoms with Crippen LogP contribution in [0.3, 0.4) is 0 Å². The Morgan fingerprint density at radius 2 is 1.03 bits per heavy atom. The van der Waals surface area contributed by atoms with Crippen LogP contribution in [0.25, 0.3) is 0 Å². The number of nitrogens with two attached hydrogens (primary N) is 1. The van der Waals surface area contributed by atoms with Crippen molar-refractivity contribution in [3.8, 4) is 0 Å². The fraction of sp³-hybridized carbons (Fsp3) is 0.250. The molecule has 0 heterocycles. The predicted molar refractivity (Wildman–Crippen MR) is 160 cm³/mol. The summed E-state index contributed by atoms with van der Waals surface area (Å²) in [6.07, 6.45) is 0.775. The molecule has 0 saturated carbocycles. The summed E-state index contributed by atoms with van der Waals surface area (Å²) in [6.45, 7) is 9.13. The van der Waals surface area contributed by atoms with Gasteiger partial charge in [0, 0.05) is 6.04 Å². The van der Waals surface area contributed by atoms with E-state index in [0.29, 0.717) is 0 Å². The third-order valence-corrected chi connectivity index (χ3v) is 14.7. The van der Waals surface area contributed by atoms with Crippen LogP contribution in [0.4, 0.5) is 0 Å². The Morgan fingerprint density at radius 1 is 0.667 bits per heavy atom. The van der Waals surface area contributed by atoms with E-state index >= 15 is 0 Å². The quantitative estimate of drug-likeness (QED) is 0.241. The summed E-state index contributed by atoms with van der Waals surface area (Å²) in [5, 5.41) is 5.21. The van der Waals surface area contributed by atoms with E-state index in [1.165, 1.54) is 21.0 Å². The number of rotatable bonds is 9. The maximum Gasteiger partial charge on any atom is 0.261 e. The molecule has 4 rings (SSSR count). The minimum atomic E-state index is -2.66. The molecular weight excluding hydrogens is 473 g/mol. The van der Waals surface area contributed by atoms with E-state index in [4.69, 9.17) is 10.2 Å². The smallest absolute Gasteiger partial charge is 0.261 e. The van der Waals surface area contributed by atoms with Gasteiger partial charge < -0.3 is 10.2 Å². The first-order valence-electron chi connectivity index (χ1n) is 12.7. The van der Waals surface area contributed by atoms with E-state index in [1.54, 1.807) is 0 Å². The summed E-state index contributed by atoms with van der Waals surface area (Å²) in [5.41, 5.74) is 7.01. The lowest BCUT2D eigenvalue weighted by Gasteiger charge is -2.45. The molecule has 2 N–H and O–H groups in total. The summed E-state index contributed by atoms with van der Waals surface area (Å²) in [5.74, 6) is 0. The van der Waals surface area contributed by atoms with Crippen molar-refractivity contribution in [2.75, 3.05) is 6.16 Å². The lowest BCUT2D eigenvalue weighted by molar-refractivity contribution is 0.184. The fourth-order valence-electron chi connectivity index (χ4n) is 4.99. The minimum absolute atomic E-state index is 0.0761. The normalized spacial score (nSPS) is 13.9. The van der Waals surface area contributed by atoms with Crippen molar-refractivity contribution in [2.45, 2.75) is 44.9 Å². The average molecular weight is 512 g/mol. The van der Waals surface area contributed by atoms with Crippen molar-refractivity contribution in [3.63, 3.8) is 0 Å². The molecule has 2 atom stereocenters. The van der Waals surface area contributed by atoms with Crippen LogP contribution in [-0.4, -0.2) is 26.6 Å². The van der Waals surface area contributed by atoms with Gasteiger partial charge in [0.15, 0.2) is 0 Å². The van der Waals surface area contributed by atoms with Crippen LogP contribution in [-0.2, 0) is 4.43 Å². The third kappa shape index (κ3) is 5.71. The van der Waals surface area contributed by atoms with Gasteiger partial charge in [0.25, 0.3) is 8.32 Å². The standard InChI is InChI=1S/C32H38NOPSi/c1-26(31(33)25-35(27-17-9-5-10-18-27)28-19-11-6-12-20-28)34-36(32(2,3)4,29-21-13-7-14-22-29)30-23-15-8-16-24-30/h5-24,26,31H,25,33H2,1-4H3/t26-,31-/m1/s1. The monoisotopic (exact) mass is 511 g/mol. The van der Waals surface area contributed by atoms with Crippen molar-refractivity contribution in [3.05, 3.63) is 121 Å². The van der Waals surface area contributed by atoms with E-state index in [1.807, 2.05) is 0 Å². The van der Waals surface area contributed by atoms with E-state index in [0.717, 1.165) is 6.16 Å². The first-order valence-corrected chi connectivity index (χ1v) is 16.2. The zero-order chi connectivity index (χ0) is 25.6. The van der Waals surface area contributed by atoms with Crippen LogP contribution < -0.4 is 26.7 Å². The lowest BCUT2D eigenvalue weighted by atomic mass is 10.2. The maximum absolute atomic E-state index is 7.33. The Balaban J connectivity index is 1.70. The molecule has 0 aliphatic heterocycles. The van der Waals surface area contributed by atoms with Gasteiger partial charge in [-0.3, -0.25) is 0 Å². The maximum atomic E-state index is 7.33. The molecule has 4 aromatic rings. The highest BCUT2D eigenvalue weighted by Crippen LogP contribution is 2.39. The van der Waals surface area contributed by atoms with Crippen molar-refractivity contribution in [1.82, 2.24) is 0 Å². The van der Waals surface area contributed by atoms with Gasteiger partial charge in [0.05, 0.1) is 6.10 Å². The molecule has 0 unspecified atom stereocenters. The highest BCUT2D eigenvalue weighted by molar-refractivity contribution is 7.73. The van der Waals surface area contributed by atoms with Gasteiger partial charge in [-0.25, -0.2) is 0 Å². The topological polar surface area (TPSA) is 35.2 Å². The van der Waals surface area contributed by atoms with Crippen LogP contribution in [0.15, 0.2) is 121 Å². The SMILES string of the molecule is C[C@@H](O[Si](c1ccccc1)(c1ccccc1)C(C)(C)C)[C@H](N)CP(c1ccccc1)c1ccccc1. The second kappa shape index (κ2) is 11.7. The highest BCUT2D eigenvalue weighted by atomic mass is 31.1. The molecule has 0 aromatic heterocycles. The molecule has 2 nitrogen and oxygen atoms in total. The zero-order valence-electron chi connectivity index (χ0n) is 21.8. The van der Waals surface area contributed by atoms with Crippen molar-refractivity contribution in [2.24, 2.45) is 5.73 Å². The van der Waals surface area contributed by atoms with Crippen molar-refractivity contribution >= 4 is 37.2 Å². The summed E-state index contributed by atoms with van der Waals surface area (Å²) in [7, 11) is -3.25. The largest absolute Gasteiger partial charge is 0.403 e. The number of benzene rings is 4. The van der Waals surface area contributed by atoms with E-state index in [2.05, 4.69) is 149 Å². The first-order chi connectivity index (χ1) is 17.3. The molecular formula is C32H38NOPSi. The molecule has 4 aromatic carbocycles. The van der Waals surface area contributed by atoms with Crippen LogP contribution in [0.1, 0.15) is 27.7 Å². The summed E-state index contributed by atoms with van der Waals surface area (Å²) >= 11 is 0. The van der Waals surface area contributed by atoms with Crippen LogP contribution >= 0.6 is 7.92 Å². The molecule has 0 saturated heterocycles. The second-order valence-electron chi connectivity index (χ2n) is 10.4. The first kappa shape index (κ1) is 26.5. The molecule has 4 heteroatoms. The van der Waals surface area contributed by atoms with Crippen LogP contribution in [0, 0.1) is 0 Å². The predicted octanol–water partition coefficient (Wildman–Crippen LogP) is 5.41.